The summed E-state index contributed by atoms with van der Waals surface area (Å²) in [7, 11) is 0. The first-order chi connectivity index (χ1) is 35.0. The molecule has 0 heterocycles. The molecular weight excluding hydrogens is 877 g/mol. The van der Waals surface area contributed by atoms with Crippen LogP contribution in [0.15, 0.2) is 146 Å². The van der Waals surface area contributed by atoms with Crippen molar-refractivity contribution < 1.29 is 28.6 Å². The number of hydrogen-bond donors (Lipinski definition) is 0. The molecule has 0 aromatic carbocycles. The van der Waals surface area contributed by atoms with Crippen LogP contribution in [0.25, 0.3) is 0 Å². The second-order valence-corrected chi connectivity index (χ2v) is 18.2. The smallest absolute Gasteiger partial charge is 0.306 e. The fraction of sp³-hybridized carbons (Fsp3) is 0.585. The van der Waals surface area contributed by atoms with Gasteiger partial charge in [0.15, 0.2) is 6.10 Å². The van der Waals surface area contributed by atoms with Crippen molar-refractivity contribution in [1.82, 2.24) is 0 Å². The van der Waals surface area contributed by atoms with Crippen molar-refractivity contribution in [3.8, 4) is 0 Å². The SMILES string of the molecule is CC\C=C/C=C\C=C/C=C\C=C/CCCCCC(=O)OCC(COC(=O)CCCCC/C=C\C/C=C\C/C=C\C/C=C\C/C=C\CC)OC(=O)CCCCCCCCCCCC/C=C\C=C/CCCCC. The van der Waals surface area contributed by atoms with E-state index in [1.165, 1.54) is 77.0 Å². The number of ether oxygens (including phenoxy) is 3. The topological polar surface area (TPSA) is 78.9 Å². The maximum atomic E-state index is 12.9. The van der Waals surface area contributed by atoms with Gasteiger partial charge in [-0.05, 0) is 109 Å². The van der Waals surface area contributed by atoms with Crippen LogP contribution in [-0.2, 0) is 28.6 Å². The van der Waals surface area contributed by atoms with Gasteiger partial charge in [0, 0.05) is 19.3 Å². The number of hydrogen-bond acceptors (Lipinski definition) is 6. The minimum absolute atomic E-state index is 0.116. The molecule has 0 rings (SSSR count). The van der Waals surface area contributed by atoms with E-state index in [9.17, 15) is 14.4 Å². The third kappa shape index (κ3) is 56.1. The monoisotopic (exact) mass is 979 g/mol. The molecule has 1 atom stereocenters. The van der Waals surface area contributed by atoms with Gasteiger partial charge in [0.2, 0.25) is 0 Å². The van der Waals surface area contributed by atoms with E-state index in [1.54, 1.807) is 0 Å². The summed E-state index contributed by atoms with van der Waals surface area (Å²) in [6.45, 7) is 6.28. The lowest BCUT2D eigenvalue weighted by Gasteiger charge is -2.18. The molecular formula is C65H102O6. The molecule has 0 spiro atoms. The second kappa shape index (κ2) is 57.9. The van der Waals surface area contributed by atoms with Crippen LogP contribution in [0.2, 0.25) is 0 Å². The molecule has 0 aliphatic heterocycles. The molecule has 0 N–H and O–H groups in total. The van der Waals surface area contributed by atoms with Gasteiger partial charge >= 0.3 is 17.9 Å². The zero-order valence-corrected chi connectivity index (χ0v) is 45.4. The Bertz CT molecular complexity index is 1590. The Labute approximate surface area is 436 Å². The fourth-order valence-corrected chi connectivity index (χ4v) is 7.24. The number of esters is 3. The van der Waals surface area contributed by atoms with Gasteiger partial charge in [-0.1, -0.05) is 244 Å². The highest BCUT2D eigenvalue weighted by Crippen LogP contribution is 2.14. The molecule has 6 nitrogen and oxygen atoms in total. The Morgan fingerprint density at radius 3 is 1.06 bits per heavy atom. The Hall–Kier alpha value is -4.71. The van der Waals surface area contributed by atoms with Crippen LogP contribution in [0.1, 0.15) is 226 Å². The molecule has 6 heteroatoms. The standard InChI is InChI=1S/C65H102O6/c1-4-7-10-13-16-19-22-25-28-30-32-34-37-40-43-46-49-52-55-58-64(67)70-61-62(60-69-63(66)57-54-51-48-45-42-39-36-27-24-21-18-15-12-9-6-3)71-65(68)59-56-53-50-47-44-41-38-35-33-31-29-26-23-20-17-14-11-8-5-2/h7,9-10,12,15-21,23-28,32,34,36,39-40,42-43,62H,4-6,8,11,13-14,22,29-31,33,35,37-38,41,44-61H2,1-3H3/b10-7-,12-9-,18-15-,19-16-,20-17-,24-21-,26-23-,28-25-,34-32-,36-27-,42-39-,43-40-. The van der Waals surface area contributed by atoms with Gasteiger partial charge in [0.25, 0.3) is 0 Å². The number of allylic oxidation sites excluding steroid dienone is 24. The van der Waals surface area contributed by atoms with Crippen LogP contribution in [-0.4, -0.2) is 37.2 Å². The minimum atomic E-state index is -0.819. The van der Waals surface area contributed by atoms with Crippen molar-refractivity contribution in [2.75, 3.05) is 13.2 Å². The predicted octanol–water partition coefficient (Wildman–Crippen LogP) is 19.2. The second-order valence-electron chi connectivity index (χ2n) is 18.2. The lowest BCUT2D eigenvalue weighted by Crippen LogP contribution is -2.30. The first-order valence-electron chi connectivity index (χ1n) is 28.4. The minimum Gasteiger partial charge on any atom is -0.462 e. The van der Waals surface area contributed by atoms with Gasteiger partial charge in [0.05, 0.1) is 0 Å². The van der Waals surface area contributed by atoms with E-state index in [1.807, 2.05) is 48.6 Å². The first-order valence-corrected chi connectivity index (χ1v) is 28.4. The van der Waals surface area contributed by atoms with Gasteiger partial charge < -0.3 is 14.2 Å². The van der Waals surface area contributed by atoms with Gasteiger partial charge in [-0.2, -0.15) is 0 Å². The highest BCUT2D eigenvalue weighted by molar-refractivity contribution is 5.71. The van der Waals surface area contributed by atoms with Crippen molar-refractivity contribution >= 4 is 17.9 Å². The highest BCUT2D eigenvalue weighted by atomic mass is 16.6. The molecule has 0 aromatic heterocycles. The molecule has 0 aliphatic carbocycles. The van der Waals surface area contributed by atoms with Gasteiger partial charge in [0.1, 0.15) is 13.2 Å². The van der Waals surface area contributed by atoms with E-state index >= 15 is 0 Å². The van der Waals surface area contributed by atoms with E-state index in [-0.39, 0.29) is 31.1 Å². The first kappa shape index (κ1) is 66.3. The average molecular weight is 980 g/mol. The molecule has 0 bridgehead atoms. The zero-order chi connectivity index (χ0) is 51.4. The van der Waals surface area contributed by atoms with Crippen LogP contribution in [0.3, 0.4) is 0 Å². The third-order valence-corrected chi connectivity index (χ3v) is 11.5. The molecule has 0 aromatic rings. The van der Waals surface area contributed by atoms with Crippen molar-refractivity contribution in [2.24, 2.45) is 0 Å². The van der Waals surface area contributed by atoms with Crippen molar-refractivity contribution in [3.05, 3.63) is 146 Å². The van der Waals surface area contributed by atoms with E-state index in [2.05, 4.69) is 118 Å². The highest BCUT2D eigenvalue weighted by Gasteiger charge is 2.19. The fourth-order valence-electron chi connectivity index (χ4n) is 7.24. The molecule has 0 amide bonds. The summed E-state index contributed by atoms with van der Waals surface area (Å²) < 4.78 is 16.8. The average Bonchev–Trinajstić information content (AvgIpc) is 3.37. The molecule has 398 valence electrons. The molecule has 0 fully saturated rings. The van der Waals surface area contributed by atoms with Crippen LogP contribution in [0.5, 0.6) is 0 Å². The van der Waals surface area contributed by atoms with Gasteiger partial charge in [-0.15, -0.1) is 0 Å². The molecule has 0 aliphatic rings. The lowest BCUT2D eigenvalue weighted by atomic mass is 10.1. The largest absolute Gasteiger partial charge is 0.462 e. The number of carbonyl (C=O) groups excluding carboxylic acids is 3. The summed E-state index contributed by atoms with van der Waals surface area (Å²) >= 11 is 0. The maximum Gasteiger partial charge on any atom is 0.306 e. The molecule has 0 radical (unpaired) electrons. The van der Waals surface area contributed by atoms with Crippen LogP contribution < -0.4 is 0 Å². The van der Waals surface area contributed by atoms with E-state index in [0.29, 0.717) is 19.3 Å². The zero-order valence-electron chi connectivity index (χ0n) is 45.4. The Balaban J connectivity index is 4.54. The van der Waals surface area contributed by atoms with Crippen LogP contribution in [0.4, 0.5) is 0 Å². The molecule has 0 saturated carbocycles. The van der Waals surface area contributed by atoms with E-state index in [4.69, 9.17) is 14.2 Å². The van der Waals surface area contributed by atoms with Crippen molar-refractivity contribution in [1.29, 1.82) is 0 Å². The number of carbonyl (C=O) groups is 3. The quantitative estimate of drug-likeness (QED) is 0.0199. The molecule has 71 heavy (non-hydrogen) atoms. The summed E-state index contributed by atoms with van der Waals surface area (Å²) in [5.41, 5.74) is 0. The lowest BCUT2D eigenvalue weighted by molar-refractivity contribution is -0.167. The summed E-state index contributed by atoms with van der Waals surface area (Å²) in [6.07, 6.45) is 82.6. The summed E-state index contributed by atoms with van der Waals surface area (Å²) in [6, 6.07) is 0. The number of rotatable bonds is 49. The molecule has 1 unspecified atom stereocenters. The van der Waals surface area contributed by atoms with Crippen molar-refractivity contribution in [3.63, 3.8) is 0 Å². The summed E-state index contributed by atoms with van der Waals surface area (Å²) in [4.78, 5) is 38.2. The van der Waals surface area contributed by atoms with Crippen molar-refractivity contribution in [2.45, 2.75) is 232 Å². The Morgan fingerprint density at radius 1 is 0.310 bits per heavy atom. The van der Waals surface area contributed by atoms with Gasteiger partial charge in [-0.3, -0.25) is 14.4 Å². The molecule has 0 saturated heterocycles. The number of unbranched alkanes of at least 4 members (excludes halogenated alkanes) is 19. The van der Waals surface area contributed by atoms with Crippen LogP contribution in [0, 0.1) is 0 Å². The Morgan fingerprint density at radius 2 is 0.620 bits per heavy atom. The maximum absolute atomic E-state index is 12.9. The predicted molar refractivity (Wildman–Crippen MR) is 306 cm³/mol. The van der Waals surface area contributed by atoms with E-state index in [0.717, 1.165) is 109 Å². The normalized spacial score (nSPS) is 13.2. The summed E-state index contributed by atoms with van der Waals surface area (Å²) in [5, 5.41) is 0. The van der Waals surface area contributed by atoms with Crippen LogP contribution >= 0.6 is 0 Å². The summed E-state index contributed by atoms with van der Waals surface area (Å²) in [5.74, 6) is -0.997. The van der Waals surface area contributed by atoms with E-state index < -0.39 is 6.10 Å². The Kier molecular flexibility index (Phi) is 54.0. The van der Waals surface area contributed by atoms with Gasteiger partial charge in [-0.25, -0.2) is 0 Å². The third-order valence-electron chi connectivity index (χ3n) is 11.5.